The highest BCUT2D eigenvalue weighted by molar-refractivity contribution is 6.78. The molecule has 0 aromatic heterocycles. The summed E-state index contributed by atoms with van der Waals surface area (Å²) >= 11 is 0. The van der Waals surface area contributed by atoms with E-state index in [2.05, 4.69) is 26.6 Å². The zero-order chi connectivity index (χ0) is 14.1. The number of ether oxygens (including phenoxy) is 1. The van der Waals surface area contributed by atoms with Crippen LogP contribution in [0.1, 0.15) is 77.6 Å². The van der Waals surface area contributed by atoms with Crippen LogP contribution in [0.4, 0.5) is 0 Å². The first-order chi connectivity index (χ1) is 9.05. The van der Waals surface area contributed by atoms with E-state index in [9.17, 15) is 0 Å². The Hall–Kier alpha value is 0.177. The van der Waals surface area contributed by atoms with Crippen molar-refractivity contribution in [3.63, 3.8) is 0 Å². The molecule has 0 aromatic carbocycles. The second-order valence-corrected chi connectivity index (χ2v) is 12.7. The monoisotopic (exact) mass is 284 g/mol. The van der Waals surface area contributed by atoms with E-state index in [1.807, 2.05) is 0 Å². The lowest BCUT2D eigenvalue weighted by Crippen LogP contribution is -2.30. The van der Waals surface area contributed by atoms with Crippen LogP contribution in [0.3, 0.4) is 0 Å². The van der Waals surface area contributed by atoms with Crippen LogP contribution in [0.25, 0.3) is 0 Å². The highest BCUT2D eigenvalue weighted by atomic mass is 28.3. The summed E-state index contributed by atoms with van der Waals surface area (Å²) in [6.45, 7) is 9.57. The van der Waals surface area contributed by atoms with Gasteiger partial charge in [-0.1, -0.05) is 90.8 Å². The van der Waals surface area contributed by atoms with Crippen LogP contribution in [0.2, 0.25) is 19.6 Å². The summed E-state index contributed by atoms with van der Waals surface area (Å²) in [4.78, 5) is 0. The summed E-state index contributed by atoms with van der Waals surface area (Å²) in [6, 6.07) is 0. The lowest BCUT2D eigenvalue weighted by atomic mass is 10.1. The minimum absolute atomic E-state index is 0.640. The standard InChI is InChI=1S/C17H36OSi/c1-5-6-7-8-9-10-11-12-13-14-15-16-17(18-16)19(2,3)4/h16-17H,5-15H2,1-4H3/t16-,17+/m0/s1. The smallest absolute Gasteiger partial charge is 0.0819 e. The fraction of sp³-hybridized carbons (Fsp3) is 1.00. The molecule has 0 N–H and O–H groups in total. The summed E-state index contributed by atoms with van der Waals surface area (Å²) < 4.78 is 5.83. The van der Waals surface area contributed by atoms with Crippen LogP contribution in [-0.4, -0.2) is 19.9 Å². The molecule has 2 heteroatoms. The van der Waals surface area contributed by atoms with E-state index in [-0.39, 0.29) is 0 Å². The third-order valence-electron chi connectivity index (χ3n) is 4.28. The Labute approximate surface area is 122 Å². The van der Waals surface area contributed by atoms with Crippen LogP contribution in [0, 0.1) is 0 Å². The summed E-state index contributed by atoms with van der Waals surface area (Å²) in [5, 5.41) is 0. The molecule has 1 aliphatic heterocycles. The van der Waals surface area contributed by atoms with Crippen molar-refractivity contribution < 1.29 is 4.74 Å². The molecule has 114 valence electrons. The molecule has 1 saturated heterocycles. The van der Waals surface area contributed by atoms with Gasteiger partial charge in [-0.05, 0) is 6.42 Å². The van der Waals surface area contributed by atoms with Crippen molar-refractivity contribution in [3.8, 4) is 0 Å². The average molecular weight is 285 g/mol. The van der Waals surface area contributed by atoms with Crippen molar-refractivity contribution >= 4 is 8.07 Å². The van der Waals surface area contributed by atoms with Gasteiger partial charge >= 0.3 is 0 Å². The lowest BCUT2D eigenvalue weighted by molar-refractivity contribution is 0.377. The zero-order valence-electron chi connectivity index (χ0n) is 13.8. The molecule has 1 heterocycles. The van der Waals surface area contributed by atoms with E-state index in [0.29, 0.717) is 11.8 Å². The van der Waals surface area contributed by atoms with Crippen molar-refractivity contribution in [1.29, 1.82) is 0 Å². The van der Waals surface area contributed by atoms with Crippen molar-refractivity contribution in [3.05, 3.63) is 0 Å². The largest absolute Gasteiger partial charge is 0.373 e. The third-order valence-corrected chi connectivity index (χ3v) is 6.49. The third kappa shape index (κ3) is 8.14. The summed E-state index contributed by atoms with van der Waals surface area (Å²) in [7, 11) is -1.01. The molecule has 0 saturated carbocycles. The van der Waals surface area contributed by atoms with Crippen LogP contribution < -0.4 is 0 Å². The Balaban J connectivity index is 1.78. The lowest BCUT2D eigenvalue weighted by Gasteiger charge is -2.11. The van der Waals surface area contributed by atoms with Crippen molar-refractivity contribution in [2.75, 3.05) is 0 Å². The van der Waals surface area contributed by atoms with Gasteiger partial charge in [-0.15, -0.1) is 0 Å². The van der Waals surface area contributed by atoms with Gasteiger partial charge in [0.1, 0.15) is 0 Å². The second kappa shape index (κ2) is 9.18. The van der Waals surface area contributed by atoms with E-state index in [1.165, 1.54) is 70.6 Å². The molecule has 1 fully saturated rings. The van der Waals surface area contributed by atoms with Gasteiger partial charge in [-0.3, -0.25) is 0 Å². The van der Waals surface area contributed by atoms with E-state index in [4.69, 9.17) is 4.74 Å². The van der Waals surface area contributed by atoms with E-state index < -0.39 is 8.07 Å². The summed E-state index contributed by atoms with van der Waals surface area (Å²) in [5.41, 5.74) is 0.672. The molecule has 2 atom stereocenters. The predicted octanol–water partition coefficient (Wildman–Crippen LogP) is 5.94. The minimum Gasteiger partial charge on any atom is -0.373 e. The molecule has 0 aromatic rings. The van der Waals surface area contributed by atoms with Crippen LogP contribution in [0.5, 0.6) is 0 Å². The SMILES string of the molecule is CCCCCCCCCCCC[C@@H]1O[C@@H]1[Si](C)(C)C. The van der Waals surface area contributed by atoms with Crippen LogP contribution in [0.15, 0.2) is 0 Å². The Bertz CT molecular complexity index is 222. The molecule has 0 unspecified atom stereocenters. The van der Waals surface area contributed by atoms with Gasteiger partial charge in [0.2, 0.25) is 0 Å². The Morgan fingerprint density at radius 3 is 1.63 bits per heavy atom. The topological polar surface area (TPSA) is 12.5 Å². The van der Waals surface area contributed by atoms with Crippen LogP contribution >= 0.6 is 0 Å². The molecule has 1 nitrogen and oxygen atoms in total. The quantitative estimate of drug-likeness (QED) is 0.245. The maximum atomic E-state index is 5.83. The van der Waals surface area contributed by atoms with E-state index >= 15 is 0 Å². The highest BCUT2D eigenvalue weighted by Crippen LogP contribution is 2.34. The first-order valence-electron chi connectivity index (χ1n) is 8.71. The Morgan fingerprint density at radius 2 is 1.21 bits per heavy atom. The number of rotatable bonds is 12. The zero-order valence-corrected chi connectivity index (χ0v) is 14.8. The van der Waals surface area contributed by atoms with Gasteiger partial charge in [0.25, 0.3) is 0 Å². The number of hydrogen-bond acceptors (Lipinski definition) is 1. The molecule has 0 radical (unpaired) electrons. The normalized spacial score (nSPS) is 22.7. The molecule has 0 amide bonds. The molecule has 19 heavy (non-hydrogen) atoms. The van der Waals surface area contributed by atoms with Crippen LogP contribution in [-0.2, 0) is 4.74 Å². The molecular weight excluding hydrogens is 248 g/mol. The maximum Gasteiger partial charge on any atom is 0.0819 e. The highest BCUT2D eigenvalue weighted by Gasteiger charge is 2.47. The molecule has 1 aliphatic rings. The molecule has 0 spiro atoms. The Morgan fingerprint density at radius 1 is 0.737 bits per heavy atom. The van der Waals surface area contributed by atoms with Gasteiger partial charge < -0.3 is 4.74 Å². The maximum absolute atomic E-state index is 5.83. The number of epoxide rings is 1. The second-order valence-electron chi connectivity index (χ2n) is 7.43. The summed E-state index contributed by atoms with van der Waals surface area (Å²) in [6.07, 6.45) is 16.3. The van der Waals surface area contributed by atoms with E-state index in [0.717, 1.165) is 0 Å². The van der Waals surface area contributed by atoms with Crippen molar-refractivity contribution in [2.45, 2.75) is 109 Å². The van der Waals surface area contributed by atoms with Crippen molar-refractivity contribution in [1.82, 2.24) is 0 Å². The number of unbranched alkanes of at least 4 members (excludes halogenated alkanes) is 9. The molecular formula is C17H36OSi. The molecule has 0 bridgehead atoms. The van der Waals surface area contributed by atoms with Gasteiger partial charge in [-0.25, -0.2) is 0 Å². The first kappa shape index (κ1) is 17.2. The van der Waals surface area contributed by atoms with Gasteiger partial charge in [-0.2, -0.15) is 0 Å². The van der Waals surface area contributed by atoms with Crippen molar-refractivity contribution in [2.24, 2.45) is 0 Å². The Kier molecular flexibility index (Phi) is 8.32. The van der Waals surface area contributed by atoms with Gasteiger partial charge in [0, 0.05) is 0 Å². The van der Waals surface area contributed by atoms with Gasteiger partial charge in [0.05, 0.1) is 19.9 Å². The predicted molar refractivity (Wildman–Crippen MR) is 88.5 cm³/mol. The summed E-state index contributed by atoms with van der Waals surface area (Å²) in [5.74, 6) is 0. The molecule has 0 aliphatic carbocycles. The van der Waals surface area contributed by atoms with Gasteiger partial charge in [0.15, 0.2) is 0 Å². The molecule has 1 rings (SSSR count). The fourth-order valence-corrected chi connectivity index (χ4v) is 4.82. The fourth-order valence-electron chi connectivity index (χ4n) is 2.96. The number of hydrogen-bond donors (Lipinski definition) is 0. The first-order valence-corrected chi connectivity index (χ1v) is 12.3. The average Bonchev–Trinajstić information content (AvgIpc) is 3.11. The minimum atomic E-state index is -1.01. The van der Waals surface area contributed by atoms with E-state index in [1.54, 1.807) is 0 Å².